The molecule has 1 aliphatic rings. The summed E-state index contributed by atoms with van der Waals surface area (Å²) in [6.07, 6.45) is 0. The Kier molecular flexibility index (Phi) is 7.23. The first kappa shape index (κ1) is 22.6. The van der Waals surface area contributed by atoms with Gasteiger partial charge in [0.2, 0.25) is 6.79 Å². The second-order valence-electron chi connectivity index (χ2n) is 6.37. The number of hydrogen-bond donors (Lipinski definition) is 4. The van der Waals surface area contributed by atoms with Crippen molar-refractivity contribution in [2.24, 2.45) is 0 Å². The fourth-order valence-corrected chi connectivity index (χ4v) is 2.81. The molecule has 13 heteroatoms. The molecule has 2 amide bonds. The zero-order chi connectivity index (χ0) is 23.1. The normalized spacial score (nSPS) is 11.3. The summed E-state index contributed by atoms with van der Waals surface area (Å²) < 4.78 is 15.4. The van der Waals surface area contributed by atoms with Gasteiger partial charge in [-0.2, -0.15) is 0 Å². The number of hydrazine groups is 1. The lowest BCUT2D eigenvalue weighted by Gasteiger charge is -2.12. The molecule has 0 saturated heterocycles. The van der Waals surface area contributed by atoms with Crippen molar-refractivity contribution >= 4 is 34.8 Å². The summed E-state index contributed by atoms with van der Waals surface area (Å²) in [5.41, 5.74) is 5.40. The van der Waals surface area contributed by atoms with Crippen LogP contribution in [0.25, 0.3) is 0 Å². The van der Waals surface area contributed by atoms with E-state index in [0.29, 0.717) is 18.0 Å². The van der Waals surface area contributed by atoms with Gasteiger partial charge < -0.3 is 24.8 Å². The number of methoxy groups -OCH3 is 1. The lowest BCUT2D eigenvalue weighted by atomic mass is 10.1. The summed E-state index contributed by atoms with van der Waals surface area (Å²) in [7, 11) is 1.29. The van der Waals surface area contributed by atoms with Crippen molar-refractivity contribution in [1.29, 1.82) is 0 Å². The van der Waals surface area contributed by atoms with Gasteiger partial charge in [0.15, 0.2) is 22.4 Å². The third-order valence-electron chi connectivity index (χ3n) is 4.25. The molecule has 2 aromatic rings. The van der Waals surface area contributed by atoms with Crippen LogP contribution in [0.1, 0.15) is 15.9 Å². The Morgan fingerprint density at radius 2 is 1.91 bits per heavy atom. The van der Waals surface area contributed by atoms with Crippen molar-refractivity contribution in [2.45, 2.75) is 6.54 Å². The molecule has 0 aromatic heterocycles. The number of carbonyl (C=O) groups excluding carboxylic acids is 2. The summed E-state index contributed by atoms with van der Waals surface area (Å²) in [5.74, 6) is 0.112. The van der Waals surface area contributed by atoms with Gasteiger partial charge >= 0.3 is 5.69 Å². The second kappa shape index (κ2) is 10.3. The predicted octanol–water partition coefficient (Wildman–Crippen LogP) is 0.757. The van der Waals surface area contributed by atoms with Crippen LogP contribution in [0.15, 0.2) is 36.4 Å². The number of nitrogens with zero attached hydrogens (tertiary/aromatic N) is 1. The van der Waals surface area contributed by atoms with Gasteiger partial charge in [0.25, 0.3) is 11.8 Å². The zero-order valence-corrected chi connectivity index (χ0v) is 17.6. The highest BCUT2D eigenvalue weighted by Crippen LogP contribution is 2.32. The number of thiocarbonyl (C=S) groups is 1. The molecule has 0 saturated carbocycles. The first-order chi connectivity index (χ1) is 15.4. The molecule has 0 aliphatic carbocycles. The lowest BCUT2D eigenvalue weighted by molar-refractivity contribution is -0.385. The number of nitrogens with one attached hydrogen (secondary N) is 4. The van der Waals surface area contributed by atoms with Gasteiger partial charge in [-0.1, -0.05) is 6.07 Å². The minimum Gasteiger partial charge on any atom is -0.490 e. The lowest BCUT2D eigenvalue weighted by Crippen LogP contribution is -2.49. The molecular weight excluding hydrogens is 442 g/mol. The average molecular weight is 461 g/mol. The highest BCUT2D eigenvalue weighted by Gasteiger charge is 2.18. The van der Waals surface area contributed by atoms with E-state index in [-0.39, 0.29) is 35.5 Å². The van der Waals surface area contributed by atoms with Crippen LogP contribution in [0.2, 0.25) is 0 Å². The molecule has 1 aliphatic heterocycles. The van der Waals surface area contributed by atoms with E-state index in [2.05, 4.69) is 21.5 Å². The number of rotatable bonds is 7. The molecule has 0 atom stereocenters. The fourth-order valence-electron chi connectivity index (χ4n) is 2.68. The zero-order valence-electron chi connectivity index (χ0n) is 16.8. The van der Waals surface area contributed by atoms with Crippen molar-refractivity contribution in [2.75, 3.05) is 20.4 Å². The molecule has 1 heterocycles. The number of carbonyl (C=O) groups is 2. The van der Waals surface area contributed by atoms with Crippen LogP contribution in [0.3, 0.4) is 0 Å². The Balaban J connectivity index is 1.41. The monoisotopic (exact) mass is 461 g/mol. The molecule has 12 nitrogen and oxygen atoms in total. The maximum absolute atomic E-state index is 12.2. The van der Waals surface area contributed by atoms with Crippen LogP contribution in [0, 0.1) is 10.1 Å². The van der Waals surface area contributed by atoms with Gasteiger partial charge in [0, 0.05) is 18.2 Å². The average Bonchev–Trinajstić information content (AvgIpc) is 3.27. The van der Waals surface area contributed by atoms with E-state index >= 15 is 0 Å². The van der Waals surface area contributed by atoms with Crippen LogP contribution in [-0.2, 0) is 11.3 Å². The largest absolute Gasteiger partial charge is 0.490 e. The number of nitro benzene ring substituents is 1. The van der Waals surface area contributed by atoms with Crippen molar-refractivity contribution in [3.05, 3.63) is 57.6 Å². The van der Waals surface area contributed by atoms with E-state index in [1.54, 1.807) is 6.07 Å². The first-order valence-electron chi connectivity index (χ1n) is 9.19. The summed E-state index contributed by atoms with van der Waals surface area (Å²) in [5, 5.41) is 16.5. The van der Waals surface area contributed by atoms with Crippen LogP contribution >= 0.6 is 12.2 Å². The molecule has 32 heavy (non-hydrogen) atoms. The quantitative estimate of drug-likeness (QED) is 0.264. The molecule has 168 valence electrons. The molecule has 0 spiro atoms. The third-order valence-corrected chi connectivity index (χ3v) is 4.50. The maximum atomic E-state index is 12.2. The molecule has 0 radical (unpaired) electrons. The minimum absolute atomic E-state index is 0.0131. The summed E-state index contributed by atoms with van der Waals surface area (Å²) in [4.78, 5) is 34.5. The van der Waals surface area contributed by atoms with Crippen LogP contribution in [0.4, 0.5) is 5.69 Å². The number of nitro groups is 1. The van der Waals surface area contributed by atoms with Gasteiger partial charge in [-0.15, -0.1) is 0 Å². The molecule has 4 N–H and O–H groups in total. The summed E-state index contributed by atoms with van der Waals surface area (Å²) >= 11 is 5.09. The Labute approximate surface area is 187 Å². The number of fused-ring (bicyclic) bond motifs is 1. The minimum atomic E-state index is -0.663. The van der Waals surface area contributed by atoms with Crippen molar-refractivity contribution in [3.8, 4) is 17.2 Å². The maximum Gasteiger partial charge on any atom is 0.311 e. The Morgan fingerprint density at radius 1 is 1.12 bits per heavy atom. The van der Waals surface area contributed by atoms with Crippen LogP contribution in [0.5, 0.6) is 17.2 Å². The highest BCUT2D eigenvalue weighted by molar-refractivity contribution is 7.80. The van der Waals surface area contributed by atoms with Crippen LogP contribution in [-0.4, -0.2) is 42.3 Å². The van der Waals surface area contributed by atoms with E-state index in [1.807, 2.05) is 12.1 Å². The summed E-state index contributed by atoms with van der Waals surface area (Å²) in [6.45, 7) is 0.186. The van der Waals surface area contributed by atoms with E-state index in [1.165, 1.54) is 19.2 Å². The number of ether oxygens (including phenoxy) is 3. The fraction of sp³-hybridized carbons (Fsp3) is 0.211. The van der Waals surface area contributed by atoms with E-state index in [0.717, 1.165) is 11.6 Å². The predicted molar refractivity (Wildman–Crippen MR) is 115 cm³/mol. The van der Waals surface area contributed by atoms with Crippen molar-refractivity contribution < 1.29 is 28.7 Å². The molecule has 3 rings (SSSR count). The standard InChI is InChI=1S/C19H19N5O7S/c1-29-14-5-3-12(7-13(14)24(27)28)18(26)20-9-17(25)22-23-19(32)21-8-11-2-4-15-16(6-11)31-10-30-15/h2-7H,8-10H2,1H3,(H,20,26)(H,22,25)(H2,21,23,32). The number of amides is 2. The highest BCUT2D eigenvalue weighted by atomic mass is 32.1. The van der Waals surface area contributed by atoms with Gasteiger partial charge in [0.05, 0.1) is 18.6 Å². The number of benzene rings is 2. The molecule has 0 unspecified atom stereocenters. The van der Waals surface area contributed by atoms with Gasteiger partial charge in [-0.3, -0.25) is 30.6 Å². The topological polar surface area (TPSA) is 153 Å². The Morgan fingerprint density at radius 3 is 2.66 bits per heavy atom. The van der Waals surface area contributed by atoms with Crippen LogP contribution < -0.4 is 35.7 Å². The molecule has 0 bridgehead atoms. The Hall–Kier alpha value is -4.13. The van der Waals surface area contributed by atoms with Crippen molar-refractivity contribution in [1.82, 2.24) is 21.5 Å². The molecular formula is C19H19N5O7S. The first-order valence-corrected chi connectivity index (χ1v) is 9.60. The van der Waals surface area contributed by atoms with Gasteiger partial charge in [-0.25, -0.2) is 0 Å². The van der Waals surface area contributed by atoms with Gasteiger partial charge in [0.1, 0.15) is 0 Å². The van der Waals surface area contributed by atoms with E-state index < -0.39 is 16.7 Å². The van der Waals surface area contributed by atoms with Gasteiger partial charge in [-0.05, 0) is 42.0 Å². The van der Waals surface area contributed by atoms with E-state index in [4.69, 9.17) is 26.4 Å². The summed E-state index contributed by atoms with van der Waals surface area (Å²) in [6, 6.07) is 9.18. The number of hydrogen-bond acceptors (Lipinski definition) is 8. The molecule has 2 aromatic carbocycles. The smallest absolute Gasteiger partial charge is 0.311 e. The SMILES string of the molecule is COc1ccc(C(=O)NCC(=O)NNC(=S)NCc2ccc3c(c2)OCO3)cc1[N+](=O)[O-]. The molecule has 0 fully saturated rings. The second-order valence-corrected chi connectivity index (χ2v) is 6.78. The van der Waals surface area contributed by atoms with Crippen molar-refractivity contribution in [3.63, 3.8) is 0 Å². The van der Waals surface area contributed by atoms with E-state index in [9.17, 15) is 19.7 Å². The Bertz CT molecular complexity index is 1060. The third kappa shape index (κ3) is 5.72.